The Morgan fingerprint density at radius 1 is 0.971 bits per heavy atom. The Labute approximate surface area is 199 Å². The number of halogens is 4. The van der Waals surface area contributed by atoms with Crippen molar-refractivity contribution in [1.29, 1.82) is 0 Å². The van der Waals surface area contributed by atoms with Gasteiger partial charge in [0, 0.05) is 10.5 Å². The van der Waals surface area contributed by atoms with Gasteiger partial charge in [-0.2, -0.15) is 13.2 Å². The smallest absolute Gasteiger partial charge is 0.449 e. The van der Waals surface area contributed by atoms with Crippen molar-refractivity contribution in [2.45, 2.75) is 19.5 Å². The molecule has 0 atom stereocenters. The van der Waals surface area contributed by atoms with Gasteiger partial charge in [-0.1, -0.05) is 35.0 Å². The summed E-state index contributed by atoms with van der Waals surface area (Å²) in [6.07, 6.45) is -4.27. The third-order valence-corrected chi connectivity index (χ3v) is 5.45. The van der Waals surface area contributed by atoms with Gasteiger partial charge in [0.05, 0.1) is 10.9 Å². The summed E-state index contributed by atoms with van der Waals surface area (Å²) in [6, 6.07) is 16.2. The van der Waals surface area contributed by atoms with Crippen LogP contribution in [-0.2, 0) is 12.6 Å². The molecule has 0 spiro atoms. The molecule has 0 amide bonds. The quantitative estimate of drug-likeness (QED) is 0.202. The highest BCUT2D eigenvalue weighted by atomic mass is 79.9. The van der Waals surface area contributed by atoms with Crippen LogP contribution in [0.3, 0.4) is 0 Å². The zero-order chi connectivity index (χ0) is 24.5. The molecule has 34 heavy (non-hydrogen) atoms. The molecule has 1 heterocycles. The molecule has 3 aromatic carbocycles. The van der Waals surface area contributed by atoms with Crippen LogP contribution in [0.15, 0.2) is 80.4 Å². The van der Waals surface area contributed by atoms with Gasteiger partial charge < -0.3 is 13.9 Å². The first-order valence-electron chi connectivity index (χ1n) is 10.1. The van der Waals surface area contributed by atoms with Crippen molar-refractivity contribution in [3.8, 4) is 17.2 Å². The van der Waals surface area contributed by atoms with Crippen molar-refractivity contribution in [3.63, 3.8) is 0 Å². The normalized spacial score (nSPS) is 11.4. The molecular weight excluding hydrogens is 517 g/mol. The summed E-state index contributed by atoms with van der Waals surface area (Å²) in [4.78, 5) is 25.2. The highest BCUT2D eigenvalue weighted by molar-refractivity contribution is 9.10. The number of hydrogen-bond acceptors (Lipinski definition) is 5. The van der Waals surface area contributed by atoms with Crippen molar-refractivity contribution in [3.05, 3.63) is 98.3 Å². The third kappa shape index (κ3) is 4.99. The molecule has 0 fully saturated rings. The molecule has 4 rings (SSSR count). The van der Waals surface area contributed by atoms with Gasteiger partial charge in [0.2, 0.25) is 11.2 Å². The van der Waals surface area contributed by atoms with Crippen LogP contribution in [-0.4, -0.2) is 5.97 Å². The van der Waals surface area contributed by atoms with Gasteiger partial charge in [0.15, 0.2) is 0 Å². The molecule has 0 aliphatic rings. The maximum absolute atomic E-state index is 13.7. The van der Waals surface area contributed by atoms with E-state index in [1.807, 2.05) is 6.92 Å². The van der Waals surface area contributed by atoms with Gasteiger partial charge in [-0.25, -0.2) is 4.79 Å². The van der Waals surface area contributed by atoms with Crippen LogP contribution in [0, 0.1) is 0 Å². The first-order chi connectivity index (χ1) is 16.2. The van der Waals surface area contributed by atoms with Crippen molar-refractivity contribution in [2.24, 2.45) is 0 Å². The molecule has 0 saturated heterocycles. The summed E-state index contributed by atoms with van der Waals surface area (Å²) < 4.78 is 57.6. The SMILES string of the molecule is CCc1ccc(Oc2c(C(F)(F)F)oc3cc(OC(=O)c4ccc(Br)cc4)ccc3c2=O)cc1. The average Bonchev–Trinajstić information content (AvgIpc) is 2.81. The topological polar surface area (TPSA) is 65.7 Å². The van der Waals surface area contributed by atoms with Crippen LogP contribution >= 0.6 is 15.9 Å². The van der Waals surface area contributed by atoms with E-state index in [4.69, 9.17) is 13.9 Å². The van der Waals surface area contributed by atoms with E-state index in [0.29, 0.717) is 0 Å². The van der Waals surface area contributed by atoms with Gasteiger partial charge in [-0.15, -0.1) is 0 Å². The zero-order valence-corrected chi connectivity index (χ0v) is 19.2. The minimum absolute atomic E-state index is 0.0643. The molecule has 0 N–H and O–H groups in total. The summed E-state index contributed by atoms with van der Waals surface area (Å²) >= 11 is 3.25. The van der Waals surface area contributed by atoms with Crippen LogP contribution in [0.5, 0.6) is 17.2 Å². The van der Waals surface area contributed by atoms with Crippen molar-refractivity contribution >= 4 is 32.9 Å². The van der Waals surface area contributed by atoms with Crippen LogP contribution in [0.4, 0.5) is 13.2 Å². The van der Waals surface area contributed by atoms with E-state index < -0.39 is 34.7 Å². The van der Waals surface area contributed by atoms with E-state index in [9.17, 15) is 22.8 Å². The standard InChI is InChI=1S/C25H16BrF3O5/c1-2-14-3-9-17(10-4-14)32-22-21(30)19-12-11-18(13-20(19)34-23(22)25(27,28)29)33-24(31)15-5-7-16(26)8-6-15/h3-13H,2H2,1H3. The monoisotopic (exact) mass is 532 g/mol. The molecule has 0 saturated carbocycles. The fourth-order valence-electron chi connectivity index (χ4n) is 3.16. The lowest BCUT2D eigenvalue weighted by molar-refractivity contribution is -0.154. The predicted molar refractivity (Wildman–Crippen MR) is 122 cm³/mol. The number of hydrogen-bond donors (Lipinski definition) is 0. The van der Waals surface area contributed by atoms with E-state index >= 15 is 0 Å². The van der Waals surface area contributed by atoms with Crippen molar-refractivity contribution < 1.29 is 31.9 Å². The van der Waals surface area contributed by atoms with Gasteiger partial charge in [-0.05, 0) is 60.5 Å². The van der Waals surface area contributed by atoms with E-state index in [0.717, 1.165) is 22.5 Å². The second-order valence-electron chi connectivity index (χ2n) is 7.24. The van der Waals surface area contributed by atoms with Crippen molar-refractivity contribution in [1.82, 2.24) is 0 Å². The highest BCUT2D eigenvalue weighted by Gasteiger charge is 2.40. The van der Waals surface area contributed by atoms with E-state index in [1.165, 1.54) is 36.4 Å². The molecular formula is C25H16BrF3O5. The van der Waals surface area contributed by atoms with E-state index in [1.54, 1.807) is 24.3 Å². The van der Waals surface area contributed by atoms with E-state index in [2.05, 4.69) is 15.9 Å². The molecule has 0 unspecified atom stereocenters. The van der Waals surface area contributed by atoms with Gasteiger partial charge in [0.25, 0.3) is 5.76 Å². The number of esters is 1. The maximum atomic E-state index is 13.7. The predicted octanol–water partition coefficient (Wildman–Crippen LogP) is 7.15. The lowest BCUT2D eigenvalue weighted by Crippen LogP contribution is -2.15. The summed E-state index contributed by atoms with van der Waals surface area (Å²) in [7, 11) is 0. The number of benzene rings is 3. The van der Waals surface area contributed by atoms with Gasteiger partial charge in [-0.3, -0.25) is 4.79 Å². The first kappa shape index (κ1) is 23.6. The van der Waals surface area contributed by atoms with Crippen LogP contribution in [0.2, 0.25) is 0 Å². The van der Waals surface area contributed by atoms with Crippen LogP contribution in [0.25, 0.3) is 11.0 Å². The fraction of sp³-hybridized carbons (Fsp3) is 0.120. The van der Waals surface area contributed by atoms with Crippen molar-refractivity contribution in [2.75, 3.05) is 0 Å². The molecule has 4 aromatic rings. The number of fused-ring (bicyclic) bond motifs is 1. The third-order valence-electron chi connectivity index (χ3n) is 4.92. The lowest BCUT2D eigenvalue weighted by Gasteiger charge is -2.14. The summed E-state index contributed by atoms with van der Waals surface area (Å²) in [5, 5.41) is -0.156. The molecule has 5 nitrogen and oxygen atoms in total. The second-order valence-corrected chi connectivity index (χ2v) is 8.16. The number of aryl methyl sites for hydroxylation is 1. The summed E-state index contributed by atoms with van der Waals surface area (Å²) in [5.74, 6) is -3.29. The molecule has 9 heteroatoms. The Morgan fingerprint density at radius 2 is 1.62 bits per heavy atom. The van der Waals surface area contributed by atoms with Gasteiger partial charge >= 0.3 is 12.1 Å². The number of ether oxygens (including phenoxy) is 2. The maximum Gasteiger partial charge on any atom is 0.453 e. The molecule has 174 valence electrons. The number of rotatable bonds is 5. The largest absolute Gasteiger partial charge is 0.453 e. The molecule has 0 aliphatic heterocycles. The zero-order valence-electron chi connectivity index (χ0n) is 17.6. The number of alkyl halides is 3. The molecule has 0 bridgehead atoms. The highest BCUT2D eigenvalue weighted by Crippen LogP contribution is 2.38. The second kappa shape index (κ2) is 9.34. The van der Waals surface area contributed by atoms with Crippen LogP contribution in [0.1, 0.15) is 28.6 Å². The van der Waals surface area contributed by atoms with E-state index in [-0.39, 0.29) is 22.4 Å². The fourth-order valence-corrected chi connectivity index (χ4v) is 3.43. The Hall–Kier alpha value is -3.59. The summed E-state index contributed by atoms with van der Waals surface area (Å²) in [5.41, 5.74) is -0.205. The minimum Gasteiger partial charge on any atom is -0.449 e. The molecule has 1 aromatic heterocycles. The Balaban J connectivity index is 1.73. The first-order valence-corrected chi connectivity index (χ1v) is 10.9. The number of carbonyl (C=O) groups is 1. The Morgan fingerprint density at radius 3 is 2.24 bits per heavy atom. The van der Waals surface area contributed by atoms with Gasteiger partial charge in [0.1, 0.15) is 17.1 Å². The molecule has 0 aliphatic carbocycles. The Bertz CT molecular complexity index is 1410. The lowest BCUT2D eigenvalue weighted by atomic mass is 10.1. The average molecular weight is 533 g/mol. The molecule has 0 radical (unpaired) electrons. The number of carbonyl (C=O) groups excluding carboxylic acids is 1. The van der Waals surface area contributed by atoms with Crippen LogP contribution < -0.4 is 14.9 Å². The Kier molecular flexibility index (Phi) is 6.47. The minimum atomic E-state index is -5.00. The summed E-state index contributed by atoms with van der Waals surface area (Å²) in [6.45, 7) is 1.93.